The third-order valence-corrected chi connectivity index (χ3v) is 13.4. The summed E-state index contributed by atoms with van der Waals surface area (Å²) < 4.78 is 60.5. The standard InChI is InChI=1S/C17H36BrO8P3/c1-5-23-17(19)9-11-27(20,24-6-2)13-15-29(22,26-8-4)16-14-28(21,12-10-18)25-7-3/h5-16H2,1-4H3. The summed E-state index contributed by atoms with van der Waals surface area (Å²) in [6, 6.07) is 0. The maximum absolute atomic E-state index is 13.3. The van der Waals surface area contributed by atoms with Gasteiger partial charge >= 0.3 is 5.97 Å². The highest BCUT2D eigenvalue weighted by Crippen LogP contribution is 2.57. The zero-order chi connectivity index (χ0) is 22.4. The van der Waals surface area contributed by atoms with Crippen molar-refractivity contribution in [3.8, 4) is 0 Å². The Balaban J connectivity index is 5.11. The highest BCUT2D eigenvalue weighted by atomic mass is 79.9. The third kappa shape index (κ3) is 12.8. The van der Waals surface area contributed by atoms with Crippen LogP contribution in [0.3, 0.4) is 0 Å². The lowest BCUT2D eigenvalue weighted by Gasteiger charge is -2.24. The minimum absolute atomic E-state index is 0.0190. The SMILES string of the molecule is CCOC(=O)CCP(=O)(CCP(=O)(CCP(=O)(CCBr)OCC)OCC)OCC. The van der Waals surface area contributed by atoms with Crippen LogP contribution < -0.4 is 0 Å². The third-order valence-electron chi connectivity index (χ3n) is 4.04. The van der Waals surface area contributed by atoms with Gasteiger partial charge in [0, 0.05) is 42.3 Å². The van der Waals surface area contributed by atoms with Gasteiger partial charge in [0.1, 0.15) is 0 Å². The van der Waals surface area contributed by atoms with Crippen molar-refractivity contribution in [1.29, 1.82) is 0 Å². The van der Waals surface area contributed by atoms with E-state index in [9.17, 15) is 18.5 Å². The van der Waals surface area contributed by atoms with Crippen molar-refractivity contribution in [3.05, 3.63) is 0 Å². The largest absolute Gasteiger partial charge is 0.466 e. The summed E-state index contributed by atoms with van der Waals surface area (Å²) in [6.07, 6.45) is 0.683. The number of halogens is 1. The van der Waals surface area contributed by atoms with Crippen molar-refractivity contribution in [2.45, 2.75) is 34.1 Å². The summed E-state index contributed by atoms with van der Waals surface area (Å²) in [7, 11) is -9.26. The Morgan fingerprint density at radius 2 is 1.03 bits per heavy atom. The van der Waals surface area contributed by atoms with E-state index in [4.69, 9.17) is 18.3 Å². The molecule has 0 radical (unpaired) electrons. The molecule has 8 nitrogen and oxygen atoms in total. The van der Waals surface area contributed by atoms with Gasteiger partial charge in [-0.15, -0.1) is 0 Å². The summed E-state index contributed by atoms with van der Waals surface area (Å²) in [4.78, 5) is 11.6. The molecule has 0 aromatic rings. The smallest absolute Gasteiger partial charge is 0.306 e. The molecule has 0 heterocycles. The Bertz CT molecular complexity index is 603. The van der Waals surface area contributed by atoms with Crippen molar-refractivity contribution >= 4 is 44.0 Å². The lowest BCUT2D eigenvalue weighted by atomic mass is 10.5. The van der Waals surface area contributed by atoms with Gasteiger partial charge in [-0.1, -0.05) is 15.9 Å². The second-order valence-electron chi connectivity index (χ2n) is 6.28. The van der Waals surface area contributed by atoms with Crippen LogP contribution in [0.25, 0.3) is 0 Å². The number of hydrogen-bond acceptors (Lipinski definition) is 8. The first-order chi connectivity index (χ1) is 13.6. The Labute approximate surface area is 183 Å². The van der Waals surface area contributed by atoms with Crippen molar-refractivity contribution in [2.75, 3.05) is 68.7 Å². The molecule has 0 aliphatic rings. The van der Waals surface area contributed by atoms with E-state index in [2.05, 4.69) is 15.9 Å². The predicted molar refractivity (Wildman–Crippen MR) is 122 cm³/mol. The number of ether oxygens (including phenoxy) is 1. The summed E-state index contributed by atoms with van der Waals surface area (Å²) in [5.74, 6) is -0.437. The van der Waals surface area contributed by atoms with Gasteiger partial charge in [0.05, 0.1) is 32.8 Å². The molecule has 29 heavy (non-hydrogen) atoms. The van der Waals surface area contributed by atoms with E-state index in [1.807, 2.05) is 0 Å². The highest BCUT2D eigenvalue weighted by molar-refractivity contribution is 9.09. The first-order valence-electron chi connectivity index (χ1n) is 10.0. The summed E-state index contributed by atoms with van der Waals surface area (Å²) in [6.45, 7) is 7.95. The van der Waals surface area contributed by atoms with Crippen molar-refractivity contribution in [3.63, 3.8) is 0 Å². The monoisotopic (exact) mass is 540 g/mol. The van der Waals surface area contributed by atoms with Gasteiger partial charge in [0.15, 0.2) is 0 Å². The molecular formula is C17H36BrO8P3. The molecule has 0 N–H and O–H groups in total. The first kappa shape index (κ1) is 29.5. The van der Waals surface area contributed by atoms with Gasteiger partial charge in [-0.25, -0.2) is 0 Å². The molecule has 0 aliphatic heterocycles. The van der Waals surface area contributed by atoms with Crippen LogP contribution >= 0.6 is 38.0 Å². The maximum atomic E-state index is 13.3. The van der Waals surface area contributed by atoms with E-state index in [1.54, 1.807) is 27.7 Å². The molecule has 0 aromatic heterocycles. The lowest BCUT2D eigenvalue weighted by Crippen LogP contribution is -2.13. The van der Waals surface area contributed by atoms with Crippen LogP contribution in [0.5, 0.6) is 0 Å². The van der Waals surface area contributed by atoms with Crippen LogP contribution in [0.2, 0.25) is 0 Å². The lowest BCUT2D eigenvalue weighted by molar-refractivity contribution is -0.142. The predicted octanol–water partition coefficient (Wildman–Crippen LogP) is 5.28. The molecule has 0 fully saturated rings. The van der Waals surface area contributed by atoms with Gasteiger partial charge in [-0.2, -0.15) is 0 Å². The van der Waals surface area contributed by atoms with Crippen LogP contribution in [0.15, 0.2) is 0 Å². The number of carbonyl (C=O) groups is 1. The number of hydrogen-bond donors (Lipinski definition) is 0. The zero-order valence-electron chi connectivity index (χ0n) is 18.0. The fraction of sp³-hybridized carbons (Fsp3) is 0.941. The number of alkyl halides is 1. The molecule has 3 atom stereocenters. The van der Waals surface area contributed by atoms with Crippen LogP contribution in [0.4, 0.5) is 0 Å². The second kappa shape index (κ2) is 15.3. The fourth-order valence-electron chi connectivity index (χ4n) is 2.66. The molecule has 0 saturated carbocycles. The van der Waals surface area contributed by atoms with Crippen molar-refractivity contribution in [1.82, 2.24) is 0 Å². The van der Waals surface area contributed by atoms with E-state index in [1.165, 1.54) is 0 Å². The molecule has 0 aromatic carbocycles. The van der Waals surface area contributed by atoms with E-state index >= 15 is 0 Å². The highest BCUT2D eigenvalue weighted by Gasteiger charge is 2.33. The van der Waals surface area contributed by atoms with E-state index in [0.717, 1.165) is 0 Å². The summed E-state index contributed by atoms with van der Waals surface area (Å²) >= 11 is 3.28. The zero-order valence-corrected chi connectivity index (χ0v) is 22.2. The van der Waals surface area contributed by atoms with Gasteiger partial charge in [0.25, 0.3) is 0 Å². The van der Waals surface area contributed by atoms with E-state index < -0.39 is 28.1 Å². The van der Waals surface area contributed by atoms with Crippen LogP contribution in [-0.2, 0) is 36.8 Å². The molecule has 0 saturated heterocycles. The first-order valence-corrected chi connectivity index (χ1v) is 17.1. The van der Waals surface area contributed by atoms with Crippen LogP contribution in [0.1, 0.15) is 34.1 Å². The van der Waals surface area contributed by atoms with Gasteiger partial charge in [0.2, 0.25) is 22.1 Å². The van der Waals surface area contributed by atoms with Gasteiger partial charge in [-0.05, 0) is 27.7 Å². The van der Waals surface area contributed by atoms with Crippen molar-refractivity contribution < 1.29 is 36.8 Å². The molecule has 12 heteroatoms. The average molecular weight is 541 g/mol. The van der Waals surface area contributed by atoms with Gasteiger partial charge < -0.3 is 18.3 Å². The van der Waals surface area contributed by atoms with E-state index in [-0.39, 0.29) is 57.1 Å². The fourth-order valence-corrected chi connectivity index (χ4v) is 12.8. The van der Waals surface area contributed by atoms with Crippen LogP contribution in [0, 0.1) is 0 Å². The average Bonchev–Trinajstić information content (AvgIpc) is 2.65. The quantitative estimate of drug-likeness (QED) is 0.131. The summed E-state index contributed by atoms with van der Waals surface area (Å²) in [5.41, 5.74) is 0. The van der Waals surface area contributed by atoms with Gasteiger partial charge in [-0.3, -0.25) is 18.5 Å². The molecule has 0 aliphatic carbocycles. The minimum Gasteiger partial charge on any atom is -0.466 e. The molecule has 0 rings (SSSR count). The number of rotatable bonds is 18. The topological polar surface area (TPSA) is 105 Å². The molecule has 0 amide bonds. The number of esters is 1. The second-order valence-corrected chi connectivity index (χ2v) is 15.4. The van der Waals surface area contributed by atoms with Crippen molar-refractivity contribution in [2.24, 2.45) is 0 Å². The molecular weight excluding hydrogens is 505 g/mol. The summed E-state index contributed by atoms with van der Waals surface area (Å²) in [5, 5.41) is 0.524. The molecule has 3 unspecified atom stereocenters. The molecule has 174 valence electrons. The Morgan fingerprint density at radius 3 is 1.38 bits per heavy atom. The maximum Gasteiger partial charge on any atom is 0.306 e. The molecule has 0 spiro atoms. The Kier molecular flexibility index (Phi) is 15.6. The Morgan fingerprint density at radius 1 is 0.655 bits per heavy atom. The number of carbonyl (C=O) groups excluding carboxylic acids is 1. The van der Waals surface area contributed by atoms with E-state index in [0.29, 0.717) is 18.1 Å². The normalized spacial score (nSPS) is 17.8. The minimum atomic E-state index is -3.18. The Hall–Kier alpha value is 0.520. The molecule has 0 bridgehead atoms. The van der Waals surface area contributed by atoms with Crippen LogP contribution in [-0.4, -0.2) is 74.7 Å².